The van der Waals surface area contributed by atoms with Gasteiger partial charge in [0.05, 0.1) is 17.0 Å². The fourth-order valence-corrected chi connectivity index (χ4v) is 2.09. The topological polar surface area (TPSA) is 44.1 Å². The molecule has 0 saturated carbocycles. The second-order valence-electron chi connectivity index (χ2n) is 4.11. The minimum Gasteiger partial charge on any atom is -0.314 e. The second kappa shape index (κ2) is 3.21. The van der Waals surface area contributed by atoms with E-state index in [1.807, 2.05) is 13.0 Å². The lowest BCUT2D eigenvalue weighted by Crippen LogP contribution is -2.34. The van der Waals surface area contributed by atoms with E-state index in [0.29, 0.717) is 5.56 Å². The van der Waals surface area contributed by atoms with E-state index in [-0.39, 0.29) is 5.91 Å². The Morgan fingerprint density at radius 1 is 1.56 bits per heavy atom. The van der Waals surface area contributed by atoms with E-state index in [9.17, 15) is 4.79 Å². The van der Waals surface area contributed by atoms with Crippen molar-refractivity contribution in [2.24, 2.45) is 0 Å². The molecule has 2 rings (SSSR count). The molecule has 0 N–H and O–H groups in total. The molecule has 0 fully saturated rings. The zero-order chi connectivity index (χ0) is 11.9. The van der Waals surface area contributed by atoms with Crippen molar-refractivity contribution in [1.29, 1.82) is 5.26 Å². The molecule has 0 unspecified atom stereocenters. The minimum atomic E-state index is -0.669. The molecule has 3 nitrogen and oxygen atoms in total. The summed E-state index contributed by atoms with van der Waals surface area (Å²) in [5.41, 5.74) is 1.60. The molecular weight excluding hydrogens is 200 g/mol. The predicted molar refractivity (Wildman–Crippen MR) is 62.1 cm³/mol. The van der Waals surface area contributed by atoms with Gasteiger partial charge in [0.1, 0.15) is 0 Å². The highest BCUT2D eigenvalue weighted by Crippen LogP contribution is 2.41. The van der Waals surface area contributed by atoms with Crippen LogP contribution in [0.3, 0.4) is 0 Å². The molecule has 0 saturated heterocycles. The lowest BCUT2D eigenvalue weighted by Gasteiger charge is -2.17. The molecule has 0 radical (unpaired) electrons. The highest BCUT2D eigenvalue weighted by Gasteiger charge is 2.43. The molecule has 0 aliphatic carbocycles. The van der Waals surface area contributed by atoms with Crippen LogP contribution in [0.1, 0.15) is 18.1 Å². The molecule has 1 atom stereocenters. The average molecular weight is 212 g/mol. The largest absolute Gasteiger partial charge is 0.314 e. The quantitative estimate of drug-likeness (QED) is 0.668. The number of fused-ring (bicyclic) bond motifs is 1. The third-order valence-electron chi connectivity index (χ3n) is 3.20. The van der Waals surface area contributed by atoms with Crippen LogP contribution in [0.25, 0.3) is 0 Å². The molecule has 1 aromatic carbocycles. The second-order valence-corrected chi connectivity index (χ2v) is 4.11. The lowest BCUT2D eigenvalue weighted by molar-refractivity contribution is -0.120. The summed E-state index contributed by atoms with van der Waals surface area (Å²) in [7, 11) is 1.72. The van der Waals surface area contributed by atoms with Crippen LogP contribution < -0.4 is 4.90 Å². The number of hydrogen-bond acceptors (Lipinski definition) is 2. The van der Waals surface area contributed by atoms with Crippen LogP contribution in [-0.4, -0.2) is 13.0 Å². The van der Waals surface area contributed by atoms with Gasteiger partial charge in [0.15, 0.2) is 0 Å². The predicted octanol–water partition coefficient (Wildman–Crippen LogP) is 1.98. The van der Waals surface area contributed by atoms with Crippen molar-refractivity contribution in [3.05, 3.63) is 42.0 Å². The van der Waals surface area contributed by atoms with Gasteiger partial charge in [-0.3, -0.25) is 4.79 Å². The molecular formula is C13H12N2O. The van der Waals surface area contributed by atoms with Gasteiger partial charge < -0.3 is 4.90 Å². The van der Waals surface area contributed by atoms with Crippen molar-refractivity contribution in [2.45, 2.75) is 12.3 Å². The Labute approximate surface area is 94.6 Å². The third kappa shape index (κ3) is 1.10. The maximum Gasteiger partial charge on any atom is 0.241 e. The molecule has 1 aliphatic rings. The third-order valence-corrected chi connectivity index (χ3v) is 3.20. The Morgan fingerprint density at radius 3 is 2.81 bits per heavy atom. The molecule has 1 aliphatic heterocycles. The summed E-state index contributed by atoms with van der Waals surface area (Å²) < 4.78 is 0. The van der Waals surface area contributed by atoms with Gasteiger partial charge in [-0.1, -0.05) is 12.1 Å². The van der Waals surface area contributed by atoms with Gasteiger partial charge in [-0.25, -0.2) is 0 Å². The van der Waals surface area contributed by atoms with Crippen molar-refractivity contribution in [1.82, 2.24) is 0 Å². The van der Waals surface area contributed by atoms with E-state index in [4.69, 9.17) is 5.26 Å². The molecule has 80 valence electrons. The summed E-state index contributed by atoms with van der Waals surface area (Å²) >= 11 is 0. The van der Waals surface area contributed by atoms with E-state index in [0.717, 1.165) is 11.3 Å². The standard InChI is InChI=1S/C13H12N2O/c1-4-13(2)10-6-5-9(8-14)7-11(10)15(3)12(13)16/h4-7H,1H2,2-3H3/t13-/m1/s1. The molecule has 0 bridgehead atoms. The summed E-state index contributed by atoms with van der Waals surface area (Å²) in [6.07, 6.45) is 1.66. The molecule has 1 amide bonds. The van der Waals surface area contributed by atoms with Crippen LogP contribution in [0.4, 0.5) is 5.69 Å². The molecule has 0 spiro atoms. The first kappa shape index (κ1) is 10.4. The SMILES string of the molecule is C=C[C@@]1(C)C(=O)N(C)c2cc(C#N)ccc21. The number of amides is 1. The molecule has 16 heavy (non-hydrogen) atoms. The maximum absolute atomic E-state index is 12.1. The van der Waals surface area contributed by atoms with E-state index in [1.165, 1.54) is 0 Å². The number of anilines is 1. The number of carbonyl (C=O) groups excluding carboxylic acids is 1. The molecule has 1 heterocycles. The summed E-state index contributed by atoms with van der Waals surface area (Å²) in [6, 6.07) is 7.37. The zero-order valence-electron chi connectivity index (χ0n) is 9.32. The Balaban J connectivity index is 2.71. The molecule has 0 aromatic heterocycles. The lowest BCUT2D eigenvalue weighted by atomic mass is 9.84. The Hall–Kier alpha value is -2.08. The smallest absolute Gasteiger partial charge is 0.241 e. The highest BCUT2D eigenvalue weighted by molar-refractivity contribution is 6.09. The van der Waals surface area contributed by atoms with E-state index >= 15 is 0 Å². The monoisotopic (exact) mass is 212 g/mol. The van der Waals surface area contributed by atoms with E-state index in [2.05, 4.69) is 12.6 Å². The van der Waals surface area contributed by atoms with Crippen LogP contribution >= 0.6 is 0 Å². The number of nitriles is 1. The first-order chi connectivity index (χ1) is 7.54. The fraction of sp³-hybridized carbons (Fsp3) is 0.231. The van der Waals surface area contributed by atoms with Gasteiger partial charge in [-0.15, -0.1) is 6.58 Å². The average Bonchev–Trinajstić information content (AvgIpc) is 2.52. The van der Waals surface area contributed by atoms with Gasteiger partial charge in [0.2, 0.25) is 5.91 Å². The number of hydrogen-bond donors (Lipinski definition) is 0. The fourth-order valence-electron chi connectivity index (χ4n) is 2.09. The Morgan fingerprint density at radius 2 is 2.25 bits per heavy atom. The van der Waals surface area contributed by atoms with Crippen molar-refractivity contribution >= 4 is 11.6 Å². The van der Waals surface area contributed by atoms with Gasteiger partial charge >= 0.3 is 0 Å². The van der Waals surface area contributed by atoms with Crippen LogP contribution in [-0.2, 0) is 10.2 Å². The van der Waals surface area contributed by atoms with Crippen LogP contribution in [0.15, 0.2) is 30.9 Å². The van der Waals surface area contributed by atoms with Gasteiger partial charge in [0, 0.05) is 12.7 Å². The maximum atomic E-state index is 12.1. The molecule has 1 aromatic rings. The number of carbonyl (C=O) groups is 1. The van der Waals surface area contributed by atoms with Crippen molar-refractivity contribution in [3.8, 4) is 6.07 Å². The van der Waals surface area contributed by atoms with Gasteiger partial charge in [-0.05, 0) is 24.6 Å². The van der Waals surface area contributed by atoms with Crippen LogP contribution in [0.2, 0.25) is 0 Å². The number of benzene rings is 1. The summed E-state index contributed by atoms with van der Waals surface area (Å²) in [5.74, 6) is -0.00686. The van der Waals surface area contributed by atoms with E-state index in [1.54, 1.807) is 30.2 Å². The highest BCUT2D eigenvalue weighted by atomic mass is 16.2. The van der Waals surface area contributed by atoms with Gasteiger partial charge in [-0.2, -0.15) is 5.26 Å². The number of rotatable bonds is 1. The van der Waals surface area contributed by atoms with Gasteiger partial charge in [0.25, 0.3) is 0 Å². The zero-order valence-corrected chi connectivity index (χ0v) is 9.32. The summed E-state index contributed by atoms with van der Waals surface area (Å²) in [6.45, 7) is 5.57. The molecule has 3 heteroatoms. The minimum absolute atomic E-state index is 0.00686. The summed E-state index contributed by atoms with van der Waals surface area (Å²) in [5, 5.41) is 8.83. The van der Waals surface area contributed by atoms with Crippen molar-refractivity contribution in [2.75, 3.05) is 11.9 Å². The Bertz CT molecular complexity index is 527. The first-order valence-corrected chi connectivity index (χ1v) is 5.01. The normalized spacial score (nSPS) is 22.8. The van der Waals surface area contributed by atoms with Crippen LogP contribution in [0, 0.1) is 11.3 Å². The first-order valence-electron chi connectivity index (χ1n) is 5.01. The Kier molecular flexibility index (Phi) is 2.09. The summed E-state index contributed by atoms with van der Waals surface area (Å²) in [4.78, 5) is 13.7. The van der Waals surface area contributed by atoms with E-state index < -0.39 is 5.41 Å². The van der Waals surface area contributed by atoms with Crippen molar-refractivity contribution in [3.63, 3.8) is 0 Å². The van der Waals surface area contributed by atoms with Crippen molar-refractivity contribution < 1.29 is 4.79 Å². The number of likely N-dealkylation sites (N-methyl/N-ethyl adjacent to an activating group) is 1. The van der Waals surface area contributed by atoms with Crippen LogP contribution in [0.5, 0.6) is 0 Å². The number of nitrogens with zero attached hydrogens (tertiary/aromatic N) is 2.